The van der Waals surface area contributed by atoms with Crippen molar-refractivity contribution in [2.24, 2.45) is 0 Å². The maximum absolute atomic E-state index is 12.3. The number of anilines is 1. The molecule has 0 atom stereocenters. The van der Waals surface area contributed by atoms with Crippen molar-refractivity contribution in [1.82, 2.24) is 19.7 Å². The molecule has 4 rings (SSSR count). The number of fused-ring (bicyclic) bond motifs is 1. The summed E-state index contributed by atoms with van der Waals surface area (Å²) in [4.78, 5) is 17.8. The SMILES string of the molecule is O=C(CCn1c(-c2cccs2)n[nH]c1=S)Nc1ccc2ccccc2n1. The molecule has 2 N–H and O–H groups in total. The molecule has 0 aliphatic carbocycles. The summed E-state index contributed by atoms with van der Waals surface area (Å²) in [7, 11) is 0. The molecule has 0 radical (unpaired) electrons. The fourth-order valence-corrected chi connectivity index (χ4v) is 3.62. The third-order valence-electron chi connectivity index (χ3n) is 3.93. The van der Waals surface area contributed by atoms with Gasteiger partial charge in [-0.2, -0.15) is 5.10 Å². The van der Waals surface area contributed by atoms with Gasteiger partial charge in [0.25, 0.3) is 0 Å². The van der Waals surface area contributed by atoms with Crippen LogP contribution >= 0.6 is 23.6 Å². The minimum Gasteiger partial charge on any atom is -0.311 e. The van der Waals surface area contributed by atoms with E-state index in [1.54, 1.807) is 17.4 Å². The minimum absolute atomic E-state index is 0.118. The van der Waals surface area contributed by atoms with Crippen LogP contribution in [0.4, 0.5) is 5.82 Å². The van der Waals surface area contributed by atoms with Crippen LogP contribution in [0.25, 0.3) is 21.6 Å². The molecule has 3 aromatic heterocycles. The molecule has 3 heterocycles. The quantitative estimate of drug-likeness (QED) is 0.507. The van der Waals surface area contributed by atoms with Crippen LogP contribution in [0, 0.1) is 4.77 Å². The van der Waals surface area contributed by atoms with Gasteiger partial charge < -0.3 is 5.32 Å². The first-order chi connectivity index (χ1) is 12.7. The molecule has 0 bridgehead atoms. The van der Waals surface area contributed by atoms with Crippen molar-refractivity contribution in [3.05, 3.63) is 58.7 Å². The van der Waals surface area contributed by atoms with Gasteiger partial charge in [-0.05, 0) is 41.9 Å². The van der Waals surface area contributed by atoms with Crippen LogP contribution in [0.2, 0.25) is 0 Å². The Morgan fingerprint density at radius 1 is 1.19 bits per heavy atom. The van der Waals surface area contributed by atoms with Gasteiger partial charge in [-0.1, -0.05) is 24.3 Å². The second kappa shape index (κ2) is 7.19. The Balaban J connectivity index is 1.46. The largest absolute Gasteiger partial charge is 0.311 e. The van der Waals surface area contributed by atoms with Gasteiger partial charge in [0.05, 0.1) is 10.4 Å². The van der Waals surface area contributed by atoms with E-state index in [4.69, 9.17) is 12.2 Å². The average Bonchev–Trinajstić information content (AvgIpc) is 3.29. The van der Waals surface area contributed by atoms with Crippen LogP contribution < -0.4 is 5.32 Å². The molecule has 0 aliphatic heterocycles. The van der Waals surface area contributed by atoms with E-state index in [2.05, 4.69) is 20.5 Å². The van der Waals surface area contributed by atoms with Gasteiger partial charge in [0.15, 0.2) is 10.6 Å². The molecule has 0 unspecified atom stereocenters. The van der Waals surface area contributed by atoms with Crippen molar-refractivity contribution in [1.29, 1.82) is 0 Å². The monoisotopic (exact) mass is 381 g/mol. The van der Waals surface area contributed by atoms with E-state index in [0.717, 1.165) is 21.6 Å². The lowest BCUT2D eigenvalue weighted by atomic mass is 10.2. The van der Waals surface area contributed by atoms with E-state index in [1.807, 2.05) is 52.4 Å². The van der Waals surface area contributed by atoms with E-state index in [-0.39, 0.29) is 12.3 Å². The second-order valence-corrected chi connectivity index (χ2v) is 7.00. The Hall–Kier alpha value is -2.84. The molecule has 0 saturated carbocycles. The molecular weight excluding hydrogens is 366 g/mol. The summed E-state index contributed by atoms with van der Waals surface area (Å²) in [6, 6.07) is 15.5. The summed E-state index contributed by atoms with van der Waals surface area (Å²) < 4.78 is 2.35. The number of H-pyrrole nitrogens is 1. The standard InChI is InChI=1S/C18H15N5OS2/c24-16(20-15-8-7-12-4-1-2-5-13(12)19-15)9-10-23-17(21-22-18(23)25)14-6-3-11-26-14/h1-8,11H,9-10H2,(H,22,25)(H,19,20,24). The number of rotatable bonds is 5. The number of benzene rings is 1. The van der Waals surface area contributed by atoms with Gasteiger partial charge in [0.2, 0.25) is 5.91 Å². The highest BCUT2D eigenvalue weighted by Crippen LogP contribution is 2.23. The molecule has 4 aromatic rings. The fourth-order valence-electron chi connectivity index (χ4n) is 2.67. The van der Waals surface area contributed by atoms with Gasteiger partial charge in [-0.25, -0.2) is 4.98 Å². The molecule has 0 aliphatic rings. The molecule has 0 fully saturated rings. The van der Waals surface area contributed by atoms with Gasteiger partial charge >= 0.3 is 0 Å². The lowest BCUT2D eigenvalue weighted by Crippen LogP contribution is -2.15. The number of nitrogens with one attached hydrogen (secondary N) is 2. The first kappa shape index (κ1) is 16.6. The van der Waals surface area contributed by atoms with Crippen molar-refractivity contribution < 1.29 is 4.79 Å². The van der Waals surface area contributed by atoms with E-state index in [9.17, 15) is 4.79 Å². The number of pyridine rings is 1. The maximum atomic E-state index is 12.3. The molecule has 8 heteroatoms. The van der Waals surface area contributed by atoms with Gasteiger partial charge in [-0.3, -0.25) is 14.5 Å². The minimum atomic E-state index is -0.118. The lowest BCUT2D eigenvalue weighted by molar-refractivity contribution is -0.116. The third kappa shape index (κ3) is 3.42. The second-order valence-electron chi connectivity index (χ2n) is 5.67. The van der Waals surface area contributed by atoms with Crippen LogP contribution in [0.1, 0.15) is 6.42 Å². The number of carbonyl (C=O) groups is 1. The smallest absolute Gasteiger partial charge is 0.227 e. The Labute approximate surface area is 158 Å². The predicted octanol–water partition coefficient (Wildman–Crippen LogP) is 4.25. The Bertz CT molecular complexity index is 1110. The van der Waals surface area contributed by atoms with Crippen LogP contribution in [0.3, 0.4) is 0 Å². The first-order valence-electron chi connectivity index (χ1n) is 8.05. The summed E-state index contributed by atoms with van der Waals surface area (Å²) >= 11 is 6.87. The average molecular weight is 381 g/mol. The zero-order chi connectivity index (χ0) is 17.9. The first-order valence-corrected chi connectivity index (χ1v) is 9.34. The highest BCUT2D eigenvalue weighted by Gasteiger charge is 2.12. The zero-order valence-corrected chi connectivity index (χ0v) is 15.3. The number of thiophene rings is 1. The Morgan fingerprint density at radius 3 is 2.92 bits per heavy atom. The zero-order valence-electron chi connectivity index (χ0n) is 13.7. The number of amides is 1. The number of aromatic nitrogens is 4. The van der Waals surface area contributed by atoms with Crippen molar-refractivity contribution in [3.8, 4) is 10.7 Å². The molecule has 26 heavy (non-hydrogen) atoms. The van der Waals surface area contributed by atoms with Crippen molar-refractivity contribution in [2.45, 2.75) is 13.0 Å². The summed E-state index contributed by atoms with van der Waals surface area (Å²) in [6.07, 6.45) is 0.278. The summed E-state index contributed by atoms with van der Waals surface area (Å²) in [5.41, 5.74) is 0.849. The van der Waals surface area contributed by atoms with Crippen LogP contribution in [0.15, 0.2) is 53.9 Å². The number of hydrogen-bond acceptors (Lipinski definition) is 5. The molecule has 6 nitrogen and oxygen atoms in total. The Kier molecular flexibility index (Phi) is 4.59. The third-order valence-corrected chi connectivity index (χ3v) is 5.11. The fraction of sp³-hybridized carbons (Fsp3) is 0.111. The Morgan fingerprint density at radius 2 is 2.08 bits per heavy atom. The lowest BCUT2D eigenvalue weighted by Gasteiger charge is -2.07. The van der Waals surface area contributed by atoms with Crippen molar-refractivity contribution >= 4 is 46.2 Å². The normalized spacial score (nSPS) is 10.9. The number of hydrogen-bond donors (Lipinski definition) is 2. The maximum Gasteiger partial charge on any atom is 0.227 e. The van der Waals surface area contributed by atoms with E-state index < -0.39 is 0 Å². The summed E-state index contributed by atoms with van der Waals surface area (Å²) in [5.74, 6) is 1.18. The highest BCUT2D eigenvalue weighted by atomic mass is 32.1. The van der Waals surface area contributed by atoms with Gasteiger partial charge in [0.1, 0.15) is 5.82 Å². The molecule has 1 aromatic carbocycles. The molecule has 0 spiro atoms. The highest BCUT2D eigenvalue weighted by molar-refractivity contribution is 7.71. The summed E-state index contributed by atoms with van der Waals surface area (Å²) in [6.45, 7) is 0.446. The van der Waals surface area contributed by atoms with Crippen LogP contribution in [-0.2, 0) is 11.3 Å². The molecular formula is C18H15N5OS2. The number of nitrogens with zero attached hydrogens (tertiary/aromatic N) is 3. The van der Waals surface area contributed by atoms with Crippen LogP contribution in [0.5, 0.6) is 0 Å². The number of aromatic amines is 1. The molecule has 130 valence electrons. The topological polar surface area (TPSA) is 75.6 Å². The van der Waals surface area contributed by atoms with Crippen molar-refractivity contribution in [3.63, 3.8) is 0 Å². The van der Waals surface area contributed by atoms with E-state index in [0.29, 0.717) is 17.1 Å². The number of para-hydroxylation sites is 1. The molecule has 0 saturated heterocycles. The molecule has 1 amide bonds. The summed E-state index contributed by atoms with van der Waals surface area (Å²) in [5, 5.41) is 12.9. The number of carbonyl (C=O) groups excluding carboxylic acids is 1. The predicted molar refractivity (Wildman–Crippen MR) is 106 cm³/mol. The van der Waals surface area contributed by atoms with Gasteiger partial charge in [0, 0.05) is 18.4 Å². The van der Waals surface area contributed by atoms with E-state index >= 15 is 0 Å². The van der Waals surface area contributed by atoms with Crippen molar-refractivity contribution in [2.75, 3.05) is 5.32 Å². The van der Waals surface area contributed by atoms with Crippen LogP contribution in [-0.4, -0.2) is 25.7 Å². The van der Waals surface area contributed by atoms with E-state index in [1.165, 1.54) is 0 Å². The van der Waals surface area contributed by atoms with Gasteiger partial charge in [-0.15, -0.1) is 11.3 Å².